The van der Waals surface area contributed by atoms with E-state index in [1.54, 1.807) is 10.9 Å². The van der Waals surface area contributed by atoms with Gasteiger partial charge in [0.25, 0.3) is 5.91 Å². The van der Waals surface area contributed by atoms with E-state index in [1.807, 2.05) is 36.5 Å². The van der Waals surface area contributed by atoms with E-state index >= 15 is 0 Å². The van der Waals surface area contributed by atoms with Gasteiger partial charge in [0.1, 0.15) is 0 Å². The third-order valence-electron chi connectivity index (χ3n) is 3.95. The van der Waals surface area contributed by atoms with Crippen molar-refractivity contribution in [2.75, 3.05) is 6.54 Å². The van der Waals surface area contributed by atoms with Crippen LogP contribution >= 0.6 is 0 Å². The molecule has 7 nitrogen and oxygen atoms in total. The Kier molecular flexibility index (Phi) is 6.03. The number of sulfonamides is 1. The smallest absolute Gasteiger partial charge is 0.251 e. The fourth-order valence-corrected chi connectivity index (χ4v) is 3.49. The molecule has 3 rings (SSSR count). The number of aromatic nitrogens is 2. The van der Waals surface area contributed by atoms with E-state index in [2.05, 4.69) is 21.7 Å². The van der Waals surface area contributed by atoms with Crippen LogP contribution in [0.25, 0.3) is 5.69 Å². The van der Waals surface area contributed by atoms with Gasteiger partial charge in [-0.3, -0.25) is 4.79 Å². The lowest BCUT2D eigenvalue weighted by molar-refractivity contribution is 0.0951. The van der Waals surface area contributed by atoms with Crippen LogP contribution in [0.3, 0.4) is 0 Å². The van der Waals surface area contributed by atoms with Gasteiger partial charge >= 0.3 is 0 Å². The van der Waals surface area contributed by atoms with Crippen LogP contribution in [0.4, 0.5) is 0 Å². The summed E-state index contributed by atoms with van der Waals surface area (Å²) >= 11 is 0. The zero-order valence-corrected chi connectivity index (χ0v) is 15.9. The van der Waals surface area contributed by atoms with Gasteiger partial charge in [-0.15, -0.1) is 6.58 Å². The molecule has 0 fully saturated rings. The molecule has 0 aliphatic carbocycles. The van der Waals surface area contributed by atoms with Gasteiger partial charge in [0, 0.05) is 30.4 Å². The lowest BCUT2D eigenvalue weighted by atomic mass is 10.2. The minimum atomic E-state index is -3.61. The van der Waals surface area contributed by atoms with Crippen LogP contribution in [0.1, 0.15) is 15.9 Å². The maximum atomic E-state index is 12.3. The van der Waals surface area contributed by atoms with Crippen molar-refractivity contribution in [3.8, 4) is 5.69 Å². The SMILES string of the molecule is C=CCNS(=O)(=O)c1ccc(C(=O)NCc2cnn(-c3ccccc3)c2)cc1. The summed E-state index contributed by atoms with van der Waals surface area (Å²) in [7, 11) is -3.61. The van der Waals surface area contributed by atoms with Crippen LogP contribution in [-0.4, -0.2) is 30.7 Å². The molecule has 0 radical (unpaired) electrons. The molecule has 1 amide bonds. The Morgan fingerprint density at radius 1 is 1.11 bits per heavy atom. The number of nitrogens with one attached hydrogen (secondary N) is 2. The van der Waals surface area contributed by atoms with Gasteiger partial charge < -0.3 is 5.32 Å². The van der Waals surface area contributed by atoms with E-state index in [1.165, 1.54) is 30.3 Å². The van der Waals surface area contributed by atoms with E-state index in [9.17, 15) is 13.2 Å². The van der Waals surface area contributed by atoms with Crippen LogP contribution in [0.2, 0.25) is 0 Å². The summed E-state index contributed by atoms with van der Waals surface area (Å²) in [5.74, 6) is -0.296. The van der Waals surface area contributed by atoms with E-state index in [0.29, 0.717) is 12.1 Å². The molecule has 0 bridgehead atoms. The van der Waals surface area contributed by atoms with Crippen molar-refractivity contribution in [1.29, 1.82) is 0 Å². The number of rotatable bonds is 8. The Hall–Kier alpha value is -3.23. The molecular formula is C20H20N4O3S. The number of carbonyl (C=O) groups is 1. The maximum Gasteiger partial charge on any atom is 0.251 e. The number of hydrogen-bond acceptors (Lipinski definition) is 4. The predicted molar refractivity (Wildman–Crippen MR) is 107 cm³/mol. The first kappa shape index (κ1) is 19.5. The molecule has 0 spiro atoms. The van der Waals surface area contributed by atoms with E-state index < -0.39 is 10.0 Å². The molecule has 0 saturated carbocycles. The first-order valence-corrected chi connectivity index (χ1v) is 10.1. The van der Waals surface area contributed by atoms with E-state index in [-0.39, 0.29) is 17.3 Å². The number of carbonyl (C=O) groups excluding carboxylic acids is 1. The van der Waals surface area contributed by atoms with Gasteiger partial charge in [-0.1, -0.05) is 24.3 Å². The molecule has 0 aliphatic heterocycles. The molecule has 1 heterocycles. The van der Waals surface area contributed by atoms with Crippen molar-refractivity contribution in [3.63, 3.8) is 0 Å². The first-order chi connectivity index (χ1) is 13.5. The highest BCUT2D eigenvalue weighted by molar-refractivity contribution is 7.89. The van der Waals surface area contributed by atoms with E-state index in [4.69, 9.17) is 0 Å². The summed E-state index contributed by atoms with van der Waals surface area (Å²) in [5, 5.41) is 7.09. The van der Waals surface area contributed by atoms with Crippen LogP contribution in [0.15, 0.2) is 84.5 Å². The molecule has 8 heteroatoms. The fourth-order valence-electron chi connectivity index (χ4n) is 2.50. The Labute approximate surface area is 163 Å². The summed E-state index contributed by atoms with van der Waals surface area (Å²) < 4.78 is 28.2. The predicted octanol–water partition coefficient (Wildman–Crippen LogP) is 2.27. The van der Waals surface area contributed by atoms with E-state index in [0.717, 1.165) is 11.3 Å². The molecular weight excluding hydrogens is 376 g/mol. The topological polar surface area (TPSA) is 93.1 Å². The van der Waals surface area contributed by atoms with Crippen LogP contribution in [0.5, 0.6) is 0 Å². The molecule has 0 unspecified atom stereocenters. The van der Waals surface area contributed by atoms with Crippen LogP contribution in [-0.2, 0) is 16.6 Å². The standard InChI is InChI=1S/C20H20N4O3S/c1-2-12-23-28(26,27)19-10-8-17(9-11-19)20(25)21-13-16-14-22-24(15-16)18-6-4-3-5-7-18/h2-11,14-15,23H,1,12-13H2,(H,21,25). The highest BCUT2D eigenvalue weighted by atomic mass is 32.2. The third kappa shape index (κ3) is 4.73. The second-order valence-electron chi connectivity index (χ2n) is 5.98. The van der Waals surface area contributed by atoms with Crippen molar-refractivity contribution in [3.05, 3.63) is 90.8 Å². The maximum absolute atomic E-state index is 12.3. The second-order valence-corrected chi connectivity index (χ2v) is 7.74. The van der Waals surface area contributed by atoms with Gasteiger partial charge in [0.05, 0.1) is 16.8 Å². The summed E-state index contributed by atoms with van der Waals surface area (Å²) in [6, 6.07) is 15.4. The lowest BCUT2D eigenvalue weighted by Gasteiger charge is -2.07. The highest BCUT2D eigenvalue weighted by Gasteiger charge is 2.14. The van der Waals surface area contributed by atoms with Crippen molar-refractivity contribution in [2.45, 2.75) is 11.4 Å². The number of hydrogen-bond donors (Lipinski definition) is 2. The number of nitrogens with zero attached hydrogens (tertiary/aromatic N) is 2. The molecule has 2 N–H and O–H groups in total. The molecule has 2 aromatic carbocycles. The van der Waals surface area contributed by atoms with Crippen molar-refractivity contribution in [2.24, 2.45) is 0 Å². The van der Waals surface area contributed by atoms with Crippen molar-refractivity contribution >= 4 is 15.9 Å². The zero-order chi connectivity index (χ0) is 20.0. The Morgan fingerprint density at radius 2 is 1.82 bits per heavy atom. The van der Waals surface area contributed by atoms with Crippen molar-refractivity contribution < 1.29 is 13.2 Å². The first-order valence-electron chi connectivity index (χ1n) is 8.57. The van der Waals surface area contributed by atoms with Gasteiger partial charge in [-0.25, -0.2) is 17.8 Å². The lowest BCUT2D eigenvalue weighted by Crippen LogP contribution is -2.24. The second kappa shape index (κ2) is 8.64. The fraction of sp³-hybridized carbons (Fsp3) is 0.100. The van der Waals surface area contributed by atoms with Gasteiger partial charge in [-0.2, -0.15) is 5.10 Å². The minimum Gasteiger partial charge on any atom is -0.348 e. The summed E-state index contributed by atoms with van der Waals surface area (Å²) in [6.45, 7) is 3.93. The Balaban J connectivity index is 1.61. The number of benzene rings is 2. The largest absolute Gasteiger partial charge is 0.348 e. The summed E-state index contributed by atoms with van der Waals surface area (Å²) in [5.41, 5.74) is 2.16. The Morgan fingerprint density at radius 3 is 2.50 bits per heavy atom. The monoisotopic (exact) mass is 396 g/mol. The molecule has 144 valence electrons. The van der Waals surface area contributed by atoms with Gasteiger partial charge in [0.2, 0.25) is 10.0 Å². The molecule has 0 atom stereocenters. The molecule has 3 aromatic rings. The number of amides is 1. The number of para-hydroxylation sites is 1. The summed E-state index contributed by atoms with van der Waals surface area (Å²) in [6.07, 6.45) is 4.99. The average Bonchev–Trinajstić information content (AvgIpc) is 3.20. The average molecular weight is 396 g/mol. The molecule has 1 aromatic heterocycles. The summed E-state index contributed by atoms with van der Waals surface area (Å²) in [4.78, 5) is 12.4. The minimum absolute atomic E-state index is 0.0926. The highest BCUT2D eigenvalue weighted by Crippen LogP contribution is 2.11. The quantitative estimate of drug-likeness (QED) is 0.571. The molecule has 0 saturated heterocycles. The molecule has 28 heavy (non-hydrogen) atoms. The van der Waals surface area contributed by atoms with Crippen LogP contribution < -0.4 is 10.0 Å². The normalized spacial score (nSPS) is 11.1. The van der Waals surface area contributed by atoms with Gasteiger partial charge in [0.15, 0.2) is 0 Å². The third-order valence-corrected chi connectivity index (χ3v) is 5.39. The van der Waals surface area contributed by atoms with Gasteiger partial charge in [-0.05, 0) is 36.4 Å². The van der Waals surface area contributed by atoms with Crippen LogP contribution in [0, 0.1) is 0 Å². The Bertz CT molecular complexity index is 1060. The molecule has 0 aliphatic rings. The zero-order valence-electron chi connectivity index (χ0n) is 15.1. The van der Waals surface area contributed by atoms with Crippen molar-refractivity contribution in [1.82, 2.24) is 19.8 Å².